The van der Waals surface area contributed by atoms with E-state index in [1.165, 1.54) is 0 Å². The molecule has 0 saturated carbocycles. The first-order chi connectivity index (χ1) is 8.14. The number of para-hydroxylation sites is 1. The molecule has 0 fully saturated rings. The van der Waals surface area contributed by atoms with Crippen molar-refractivity contribution >= 4 is 11.6 Å². The highest BCUT2D eigenvalue weighted by Crippen LogP contribution is 2.24. The average molecular weight is 236 g/mol. The van der Waals surface area contributed by atoms with E-state index >= 15 is 0 Å². The number of aliphatic hydroxyl groups excluding tert-OH is 1. The lowest BCUT2D eigenvalue weighted by molar-refractivity contribution is 0.0523. The van der Waals surface area contributed by atoms with E-state index in [-0.39, 0.29) is 19.1 Å². The van der Waals surface area contributed by atoms with E-state index in [1.54, 1.807) is 6.07 Å². The summed E-state index contributed by atoms with van der Waals surface area (Å²) in [6.07, 6.45) is 0. The molecule has 0 aromatic heterocycles. The Labute approximate surface area is 99.8 Å². The fraction of sp³-hybridized carbons (Fsp3) is 0.417. The van der Waals surface area contributed by atoms with Gasteiger partial charge >= 0.3 is 0 Å². The summed E-state index contributed by atoms with van der Waals surface area (Å²) in [6, 6.07) is 7.33. The summed E-state index contributed by atoms with van der Waals surface area (Å²) in [4.78, 5) is 11.9. The lowest BCUT2D eigenvalue weighted by Gasteiger charge is -2.37. The standard InChI is InChI=1S/C12H16N2O3/c1-12(8-17-7-6-15)13-10-5-3-2-4-9(10)11(16)14-12/h2-5,13,15H,6-8H2,1H3,(H,14,16). The first kappa shape index (κ1) is 11.9. The minimum Gasteiger partial charge on any atom is -0.394 e. The number of amides is 1. The molecule has 1 heterocycles. The second-order valence-corrected chi connectivity index (χ2v) is 4.23. The van der Waals surface area contributed by atoms with Gasteiger partial charge in [-0.1, -0.05) is 12.1 Å². The molecule has 1 aliphatic heterocycles. The number of carbonyl (C=O) groups excluding carboxylic acids is 1. The Morgan fingerprint density at radius 1 is 1.35 bits per heavy atom. The third kappa shape index (κ3) is 2.57. The van der Waals surface area contributed by atoms with E-state index in [9.17, 15) is 4.79 Å². The molecule has 17 heavy (non-hydrogen) atoms. The average Bonchev–Trinajstić information content (AvgIpc) is 2.29. The van der Waals surface area contributed by atoms with Gasteiger partial charge in [0, 0.05) is 5.69 Å². The topological polar surface area (TPSA) is 70.6 Å². The number of anilines is 1. The van der Waals surface area contributed by atoms with Gasteiger partial charge in [-0.2, -0.15) is 0 Å². The zero-order valence-corrected chi connectivity index (χ0v) is 9.69. The number of aliphatic hydroxyl groups is 1. The molecule has 1 aromatic rings. The molecule has 1 atom stereocenters. The Bertz CT molecular complexity index is 422. The van der Waals surface area contributed by atoms with Crippen molar-refractivity contribution in [1.29, 1.82) is 0 Å². The predicted molar refractivity (Wildman–Crippen MR) is 63.8 cm³/mol. The van der Waals surface area contributed by atoms with Crippen molar-refractivity contribution in [3.8, 4) is 0 Å². The first-order valence-electron chi connectivity index (χ1n) is 5.53. The van der Waals surface area contributed by atoms with Crippen LogP contribution in [-0.2, 0) is 4.74 Å². The number of nitrogens with one attached hydrogen (secondary N) is 2. The number of hydrogen-bond donors (Lipinski definition) is 3. The minimum atomic E-state index is -0.638. The number of rotatable bonds is 4. The number of hydrogen-bond acceptors (Lipinski definition) is 4. The van der Waals surface area contributed by atoms with Gasteiger partial charge in [0.25, 0.3) is 5.91 Å². The molecular formula is C12H16N2O3. The Hall–Kier alpha value is -1.59. The van der Waals surface area contributed by atoms with Gasteiger partial charge in [-0.25, -0.2) is 0 Å². The minimum absolute atomic E-state index is 0.0272. The summed E-state index contributed by atoms with van der Waals surface area (Å²) in [5.74, 6) is -0.116. The zero-order valence-electron chi connectivity index (χ0n) is 9.69. The van der Waals surface area contributed by atoms with Crippen LogP contribution in [0.3, 0.4) is 0 Å². The largest absolute Gasteiger partial charge is 0.394 e. The fourth-order valence-corrected chi connectivity index (χ4v) is 1.85. The number of benzene rings is 1. The Kier molecular flexibility index (Phi) is 3.31. The third-order valence-corrected chi connectivity index (χ3v) is 2.60. The molecule has 0 bridgehead atoms. The SMILES string of the molecule is CC1(COCCO)NC(=O)c2ccccc2N1. The number of carbonyl (C=O) groups is 1. The lowest BCUT2D eigenvalue weighted by atomic mass is 10.0. The van der Waals surface area contributed by atoms with Gasteiger partial charge in [0.05, 0.1) is 25.4 Å². The van der Waals surface area contributed by atoms with E-state index < -0.39 is 5.66 Å². The number of ether oxygens (including phenoxy) is 1. The second kappa shape index (κ2) is 4.73. The molecule has 2 rings (SSSR count). The highest BCUT2D eigenvalue weighted by atomic mass is 16.5. The molecule has 92 valence electrons. The van der Waals surface area contributed by atoms with Crippen LogP contribution in [0.4, 0.5) is 5.69 Å². The maximum Gasteiger partial charge on any atom is 0.255 e. The van der Waals surface area contributed by atoms with Gasteiger partial charge in [0.1, 0.15) is 5.66 Å². The Balaban J connectivity index is 2.12. The smallest absolute Gasteiger partial charge is 0.255 e. The van der Waals surface area contributed by atoms with E-state index in [4.69, 9.17) is 9.84 Å². The van der Waals surface area contributed by atoms with Crippen molar-refractivity contribution in [2.24, 2.45) is 0 Å². The lowest BCUT2D eigenvalue weighted by Crippen LogP contribution is -2.58. The molecular weight excluding hydrogens is 220 g/mol. The monoisotopic (exact) mass is 236 g/mol. The van der Waals surface area contributed by atoms with Crippen LogP contribution in [0, 0.1) is 0 Å². The number of fused-ring (bicyclic) bond motifs is 1. The maximum absolute atomic E-state index is 11.9. The van der Waals surface area contributed by atoms with Crippen LogP contribution in [0.25, 0.3) is 0 Å². The van der Waals surface area contributed by atoms with E-state index in [2.05, 4.69) is 10.6 Å². The zero-order chi connectivity index (χ0) is 12.3. The van der Waals surface area contributed by atoms with Gasteiger partial charge in [-0.05, 0) is 19.1 Å². The second-order valence-electron chi connectivity index (χ2n) is 4.23. The van der Waals surface area contributed by atoms with Crippen LogP contribution in [0.2, 0.25) is 0 Å². The van der Waals surface area contributed by atoms with Crippen molar-refractivity contribution in [2.75, 3.05) is 25.1 Å². The van der Waals surface area contributed by atoms with Crippen LogP contribution in [-0.4, -0.2) is 36.5 Å². The highest BCUT2D eigenvalue weighted by Gasteiger charge is 2.33. The molecule has 3 N–H and O–H groups in total. The molecule has 1 unspecified atom stereocenters. The van der Waals surface area contributed by atoms with Crippen molar-refractivity contribution < 1.29 is 14.6 Å². The van der Waals surface area contributed by atoms with Crippen molar-refractivity contribution in [3.63, 3.8) is 0 Å². The quantitative estimate of drug-likeness (QED) is 0.668. The van der Waals surface area contributed by atoms with Crippen LogP contribution in [0.15, 0.2) is 24.3 Å². The molecule has 1 amide bonds. The molecule has 0 radical (unpaired) electrons. The Morgan fingerprint density at radius 3 is 2.88 bits per heavy atom. The summed E-state index contributed by atoms with van der Waals surface area (Å²) in [6.45, 7) is 2.38. The first-order valence-corrected chi connectivity index (χ1v) is 5.53. The maximum atomic E-state index is 11.9. The Morgan fingerprint density at radius 2 is 2.12 bits per heavy atom. The van der Waals surface area contributed by atoms with Crippen molar-refractivity contribution in [1.82, 2.24) is 5.32 Å². The van der Waals surface area contributed by atoms with Gasteiger partial charge < -0.3 is 20.5 Å². The third-order valence-electron chi connectivity index (χ3n) is 2.60. The van der Waals surface area contributed by atoms with Gasteiger partial charge in [-0.15, -0.1) is 0 Å². The van der Waals surface area contributed by atoms with Gasteiger partial charge in [0.15, 0.2) is 0 Å². The summed E-state index contributed by atoms with van der Waals surface area (Å²) in [5, 5.41) is 14.7. The fourth-order valence-electron chi connectivity index (χ4n) is 1.85. The summed E-state index contributed by atoms with van der Waals surface area (Å²) in [7, 11) is 0. The molecule has 0 spiro atoms. The van der Waals surface area contributed by atoms with Crippen LogP contribution in [0.1, 0.15) is 17.3 Å². The van der Waals surface area contributed by atoms with E-state index in [0.29, 0.717) is 12.2 Å². The highest BCUT2D eigenvalue weighted by molar-refractivity contribution is 6.02. The molecule has 1 aliphatic rings. The van der Waals surface area contributed by atoms with Crippen LogP contribution in [0.5, 0.6) is 0 Å². The van der Waals surface area contributed by atoms with Gasteiger partial charge in [-0.3, -0.25) is 4.79 Å². The van der Waals surface area contributed by atoms with Crippen molar-refractivity contribution in [3.05, 3.63) is 29.8 Å². The van der Waals surface area contributed by atoms with Crippen LogP contribution < -0.4 is 10.6 Å². The normalized spacial score (nSPS) is 22.6. The molecule has 5 nitrogen and oxygen atoms in total. The molecule has 0 saturated heterocycles. The summed E-state index contributed by atoms with van der Waals surface area (Å²) in [5.41, 5.74) is 0.791. The summed E-state index contributed by atoms with van der Waals surface area (Å²) < 4.78 is 5.26. The van der Waals surface area contributed by atoms with E-state index in [1.807, 2.05) is 25.1 Å². The van der Waals surface area contributed by atoms with Crippen molar-refractivity contribution in [2.45, 2.75) is 12.6 Å². The van der Waals surface area contributed by atoms with E-state index in [0.717, 1.165) is 5.69 Å². The predicted octanol–water partition coefficient (Wildman–Crippen LogP) is 0.567. The molecule has 0 aliphatic carbocycles. The molecule has 1 aromatic carbocycles. The summed E-state index contributed by atoms with van der Waals surface area (Å²) >= 11 is 0. The van der Waals surface area contributed by atoms with Gasteiger partial charge in [0.2, 0.25) is 0 Å². The molecule has 5 heteroatoms. The van der Waals surface area contributed by atoms with Crippen LogP contribution >= 0.6 is 0 Å².